The number of nitrogens with one attached hydrogen (secondary N) is 2. The Bertz CT molecular complexity index is 518. The predicted molar refractivity (Wildman–Crippen MR) is 82.4 cm³/mol. The van der Waals surface area contributed by atoms with Crippen molar-refractivity contribution < 1.29 is 19.1 Å². The summed E-state index contributed by atoms with van der Waals surface area (Å²) in [6.45, 7) is 1.23. The summed E-state index contributed by atoms with van der Waals surface area (Å²) in [7, 11) is 1.35. The first-order valence-corrected chi connectivity index (χ1v) is 7.32. The molecule has 0 aromatic carbocycles. The Labute approximate surface area is 135 Å². The third-order valence-electron chi connectivity index (χ3n) is 4.29. The Morgan fingerprint density at radius 2 is 2.09 bits per heavy atom. The number of hydrogen-bond donors (Lipinski definition) is 2. The highest BCUT2D eigenvalue weighted by Gasteiger charge is 2.37. The number of methoxy groups -OCH3 is 1. The summed E-state index contributed by atoms with van der Waals surface area (Å²) in [6, 6.07) is -0.409. The van der Waals surface area contributed by atoms with Crippen molar-refractivity contribution in [3.8, 4) is 0 Å². The molecule has 1 aliphatic carbocycles. The molecule has 2 aliphatic heterocycles. The highest BCUT2D eigenvalue weighted by atomic mass is 35.5. The van der Waals surface area contributed by atoms with Crippen molar-refractivity contribution in [1.82, 2.24) is 10.6 Å². The van der Waals surface area contributed by atoms with E-state index in [4.69, 9.17) is 4.74 Å². The van der Waals surface area contributed by atoms with Crippen LogP contribution in [0.25, 0.3) is 0 Å². The number of allylic oxidation sites excluding steroid dienone is 1. The fourth-order valence-corrected chi connectivity index (χ4v) is 3.07. The molecule has 0 amide bonds. The van der Waals surface area contributed by atoms with Crippen LogP contribution in [0.4, 0.5) is 0 Å². The van der Waals surface area contributed by atoms with E-state index >= 15 is 0 Å². The number of esters is 2. The van der Waals surface area contributed by atoms with Crippen molar-refractivity contribution in [2.24, 2.45) is 5.92 Å². The van der Waals surface area contributed by atoms with Gasteiger partial charge in [0.2, 0.25) is 0 Å². The van der Waals surface area contributed by atoms with E-state index < -0.39 is 6.04 Å². The Morgan fingerprint density at radius 1 is 1.27 bits per heavy atom. The van der Waals surface area contributed by atoms with Gasteiger partial charge in [0.25, 0.3) is 0 Å². The molecular formula is C15H21ClN2O4. The average Bonchev–Trinajstić information content (AvgIpc) is 3.14. The molecule has 0 aromatic rings. The minimum Gasteiger partial charge on any atom is -0.468 e. The number of carbonyl (C=O) groups is 2. The van der Waals surface area contributed by atoms with E-state index in [0.717, 1.165) is 25.0 Å². The molecule has 2 N–H and O–H groups in total. The first kappa shape index (κ1) is 17.0. The van der Waals surface area contributed by atoms with Gasteiger partial charge in [-0.15, -0.1) is 12.4 Å². The molecular weight excluding hydrogens is 308 g/mol. The van der Waals surface area contributed by atoms with Crippen LogP contribution in [0, 0.1) is 5.92 Å². The predicted octanol–water partition coefficient (Wildman–Crippen LogP) is 0.678. The van der Waals surface area contributed by atoms with Gasteiger partial charge in [-0.05, 0) is 24.8 Å². The molecule has 0 bridgehead atoms. The quantitative estimate of drug-likeness (QED) is 0.742. The van der Waals surface area contributed by atoms with Crippen molar-refractivity contribution in [3.63, 3.8) is 0 Å². The van der Waals surface area contributed by atoms with E-state index in [2.05, 4.69) is 21.4 Å². The minimum absolute atomic E-state index is 0. The summed E-state index contributed by atoms with van der Waals surface area (Å²) < 4.78 is 10.3. The monoisotopic (exact) mass is 328 g/mol. The lowest BCUT2D eigenvalue weighted by Gasteiger charge is -2.18. The van der Waals surface area contributed by atoms with Crippen LogP contribution in [0.1, 0.15) is 19.3 Å². The van der Waals surface area contributed by atoms with Gasteiger partial charge in [-0.2, -0.15) is 0 Å². The zero-order valence-electron chi connectivity index (χ0n) is 12.5. The maximum absolute atomic E-state index is 12.2. The maximum atomic E-state index is 12.2. The molecule has 2 heterocycles. The molecule has 0 saturated carbocycles. The molecule has 7 heteroatoms. The summed E-state index contributed by atoms with van der Waals surface area (Å²) >= 11 is 0. The van der Waals surface area contributed by atoms with Gasteiger partial charge in [-0.3, -0.25) is 14.9 Å². The molecule has 0 radical (unpaired) electrons. The Morgan fingerprint density at radius 3 is 2.86 bits per heavy atom. The Hall–Kier alpha value is -1.37. The fourth-order valence-electron chi connectivity index (χ4n) is 3.07. The first-order chi connectivity index (χ1) is 10.2. The van der Waals surface area contributed by atoms with Gasteiger partial charge in [-0.25, -0.2) is 0 Å². The van der Waals surface area contributed by atoms with Crippen LogP contribution >= 0.6 is 12.4 Å². The van der Waals surface area contributed by atoms with Crippen molar-refractivity contribution in [3.05, 3.63) is 23.3 Å². The molecule has 6 nitrogen and oxygen atoms in total. The number of rotatable bonds is 3. The van der Waals surface area contributed by atoms with E-state index in [1.165, 1.54) is 12.7 Å². The number of ether oxygens (including phenoxy) is 2. The number of carbonyl (C=O) groups excluding carboxylic acids is 2. The third-order valence-corrected chi connectivity index (χ3v) is 4.29. The minimum atomic E-state index is -0.409. The molecule has 1 saturated heterocycles. The van der Waals surface area contributed by atoms with E-state index in [0.29, 0.717) is 13.0 Å². The lowest BCUT2D eigenvalue weighted by molar-refractivity contribution is -0.152. The number of hydrogen-bond acceptors (Lipinski definition) is 6. The van der Waals surface area contributed by atoms with E-state index in [-0.39, 0.29) is 36.5 Å². The molecule has 3 rings (SSSR count). The summed E-state index contributed by atoms with van der Waals surface area (Å²) in [6.07, 6.45) is 6.32. The summed E-state index contributed by atoms with van der Waals surface area (Å²) in [5.41, 5.74) is 2.41. The van der Waals surface area contributed by atoms with Crippen LogP contribution < -0.4 is 10.6 Å². The van der Waals surface area contributed by atoms with Crippen molar-refractivity contribution in [2.45, 2.75) is 31.5 Å². The average molecular weight is 329 g/mol. The summed E-state index contributed by atoms with van der Waals surface area (Å²) in [5, 5.41) is 6.22. The van der Waals surface area contributed by atoms with Gasteiger partial charge >= 0.3 is 11.9 Å². The van der Waals surface area contributed by atoms with Crippen LogP contribution in [0.5, 0.6) is 0 Å². The molecule has 22 heavy (non-hydrogen) atoms. The van der Waals surface area contributed by atoms with Crippen LogP contribution in [-0.4, -0.2) is 44.4 Å². The highest BCUT2D eigenvalue weighted by molar-refractivity contribution is 5.85. The first-order valence-electron chi connectivity index (χ1n) is 7.32. The topological polar surface area (TPSA) is 76.7 Å². The lowest BCUT2D eigenvalue weighted by Crippen LogP contribution is -2.33. The van der Waals surface area contributed by atoms with E-state index in [1.54, 1.807) is 0 Å². The zero-order valence-corrected chi connectivity index (χ0v) is 13.3. The van der Waals surface area contributed by atoms with Gasteiger partial charge in [0.05, 0.1) is 13.0 Å². The Balaban J connectivity index is 0.00000176. The fraction of sp³-hybridized carbons (Fsp3) is 0.600. The van der Waals surface area contributed by atoms with Gasteiger partial charge in [0.1, 0.15) is 6.04 Å². The lowest BCUT2D eigenvalue weighted by atomic mass is 9.99. The van der Waals surface area contributed by atoms with Gasteiger partial charge in [-0.1, -0.05) is 12.2 Å². The second-order valence-corrected chi connectivity index (χ2v) is 5.61. The van der Waals surface area contributed by atoms with Gasteiger partial charge in [0, 0.05) is 18.7 Å². The molecule has 1 fully saturated rings. The van der Waals surface area contributed by atoms with Gasteiger partial charge < -0.3 is 14.8 Å². The normalized spacial score (nSPS) is 29.8. The molecule has 122 valence electrons. The smallest absolute Gasteiger partial charge is 0.322 e. The molecule has 3 atom stereocenters. The van der Waals surface area contributed by atoms with Crippen LogP contribution in [0.2, 0.25) is 0 Å². The van der Waals surface area contributed by atoms with E-state index in [1.807, 2.05) is 6.08 Å². The summed E-state index contributed by atoms with van der Waals surface area (Å²) in [4.78, 5) is 23.7. The largest absolute Gasteiger partial charge is 0.468 e. The van der Waals surface area contributed by atoms with Crippen molar-refractivity contribution in [2.75, 3.05) is 20.2 Å². The molecule has 3 aliphatic rings. The van der Waals surface area contributed by atoms with Crippen LogP contribution in [0.15, 0.2) is 23.3 Å². The van der Waals surface area contributed by atoms with E-state index in [9.17, 15) is 9.59 Å². The Kier molecular flexibility index (Phi) is 5.61. The van der Waals surface area contributed by atoms with Gasteiger partial charge in [0.15, 0.2) is 6.23 Å². The maximum Gasteiger partial charge on any atom is 0.322 e. The highest BCUT2D eigenvalue weighted by Crippen LogP contribution is 2.27. The standard InChI is InChI=1S/C15H20N2O4.ClH/c1-20-15(19)12-6-10(8-16-12)14(18)21-13-11-5-3-2-4-9(11)7-17-13;/h3,5,10,12-13,16-17H,2,4,6-8H2,1H3;1H. The van der Waals surface area contributed by atoms with Crippen molar-refractivity contribution in [1.29, 1.82) is 0 Å². The molecule has 0 spiro atoms. The van der Waals surface area contributed by atoms with Crippen LogP contribution in [-0.2, 0) is 19.1 Å². The zero-order chi connectivity index (χ0) is 14.8. The molecule has 3 unspecified atom stereocenters. The van der Waals surface area contributed by atoms with Crippen LogP contribution in [0.3, 0.4) is 0 Å². The SMILES string of the molecule is COC(=O)C1CC(C(=O)OC2NCC3=C2C=CCC3)CN1.Cl. The van der Waals surface area contributed by atoms with Crippen molar-refractivity contribution >= 4 is 24.3 Å². The summed E-state index contributed by atoms with van der Waals surface area (Å²) in [5.74, 6) is -0.892. The second kappa shape index (κ2) is 7.26. The molecule has 0 aromatic heterocycles. The number of halogens is 1. The third kappa shape index (κ3) is 3.34. The second-order valence-electron chi connectivity index (χ2n) is 5.61.